The van der Waals surface area contributed by atoms with E-state index in [4.69, 9.17) is 5.73 Å². The summed E-state index contributed by atoms with van der Waals surface area (Å²) < 4.78 is 26.6. The fraction of sp³-hybridized carbons (Fsp3) is 0.526. The predicted octanol–water partition coefficient (Wildman–Crippen LogP) is 2.60. The zero-order valence-electron chi connectivity index (χ0n) is 15.6. The number of nitrogens with zero attached hydrogens (tertiary/aromatic N) is 1. The van der Waals surface area contributed by atoms with Crippen molar-refractivity contribution in [3.05, 3.63) is 35.4 Å². The van der Waals surface area contributed by atoms with Crippen LogP contribution in [-0.2, 0) is 20.8 Å². The van der Waals surface area contributed by atoms with Gasteiger partial charge in [-0.05, 0) is 43.9 Å². The molecule has 144 valence electrons. The SMILES string of the molecule is CC(C)CCC(=O)[C@H](C)N(C(=O)Cc1cc(F)cc(F)c1)C(=O)[C@H](C)N. The van der Waals surface area contributed by atoms with E-state index >= 15 is 0 Å². The van der Waals surface area contributed by atoms with E-state index in [1.165, 1.54) is 13.8 Å². The Morgan fingerprint density at radius 1 is 1.04 bits per heavy atom. The first-order valence-electron chi connectivity index (χ1n) is 8.62. The van der Waals surface area contributed by atoms with Gasteiger partial charge in [0.2, 0.25) is 11.8 Å². The summed E-state index contributed by atoms with van der Waals surface area (Å²) in [5.74, 6) is -3.01. The van der Waals surface area contributed by atoms with Crippen LogP contribution in [0.15, 0.2) is 18.2 Å². The Hall–Kier alpha value is -2.15. The van der Waals surface area contributed by atoms with Gasteiger partial charge in [0.15, 0.2) is 5.78 Å². The summed E-state index contributed by atoms with van der Waals surface area (Å²) in [6, 6.07) is 0.750. The maximum Gasteiger partial charge on any atom is 0.246 e. The van der Waals surface area contributed by atoms with E-state index in [-0.39, 0.29) is 17.8 Å². The van der Waals surface area contributed by atoms with Gasteiger partial charge in [-0.1, -0.05) is 13.8 Å². The number of hydrogen-bond acceptors (Lipinski definition) is 4. The van der Waals surface area contributed by atoms with Crippen LogP contribution in [0.4, 0.5) is 8.78 Å². The molecular formula is C19H26F2N2O3. The molecule has 0 bridgehead atoms. The quantitative estimate of drug-likeness (QED) is 0.765. The molecule has 0 saturated carbocycles. The third kappa shape index (κ3) is 6.29. The van der Waals surface area contributed by atoms with Gasteiger partial charge in [0.25, 0.3) is 0 Å². The first-order valence-corrected chi connectivity index (χ1v) is 8.62. The molecule has 0 saturated heterocycles. The van der Waals surface area contributed by atoms with Crippen LogP contribution in [0, 0.1) is 17.6 Å². The van der Waals surface area contributed by atoms with Gasteiger partial charge in [0, 0.05) is 12.5 Å². The van der Waals surface area contributed by atoms with Crippen LogP contribution in [-0.4, -0.2) is 34.6 Å². The Morgan fingerprint density at radius 2 is 1.58 bits per heavy atom. The van der Waals surface area contributed by atoms with E-state index in [0.29, 0.717) is 18.4 Å². The fourth-order valence-electron chi connectivity index (χ4n) is 2.51. The minimum Gasteiger partial charge on any atom is -0.320 e. The summed E-state index contributed by atoms with van der Waals surface area (Å²) in [5, 5.41) is 0. The number of hydrogen-bond donors (Lipinski definition) is 1. The van der Waals surface area contributed by atoms with Gasteiger partial charge in [0.1, 0.15) is 11.6 Å². The molecule has 2 N–H and O–H groups in total. The number of Topliss-reactive ketones (excluding diaryl/α,β-unsaturated/α-hetero) is 1. The maximum absolute atomic E-state index is 13.3. The number of nitrogens with two attached hydrogens (primary N) is 1. The molecule has 0 aliphatic rings. The molecule has 5 nitrogen and oxygen atoms in total. The molecule has 1 rings (SSSR count). The lowest BCUT2D eigenvalue weighted by Gasteiger charge is -2.28. The highest BCUT2D eigenvalue weighted by Crippen LogP contribution is 2.15. The Kier molecular flexibility index (Phi) is 8.02. The van der Waals surface area contributed by atoms with Crippen LogP contribution in [0.2, 0.25) is 0 Å². The minimum absolute atomic E-state index is 0.0804. The summed E-state index contributed by atoms with van der Waals surface area (Å²) in [4.78, 5) is 38.2. The molecule has 26 heavy (non-hydrogen) atoms. The van der Waals surface area contributed by atoms with E-state index < -0.39 is 42.0 Å². The summed E-state index contributed by atoms with van der Waals surface area (Å²) in [6.07, 6.45) is 0.449. The second-order valence-electron chi connectivity index (χ2n) is 6.92. The van der Waals surface area contributed by atoms with Crippen LogP contribution in [0.1, 0.15) is 46.1 Å². The van der Waals surface area contributed by atoms with Gasteiger partial charge in [-0.15, -0.1) is 0 Å². The topological polar surface area (TPSA) is 80.5 Å². The number of amides is 2. The van der Waals surface area contributed by atoms with E-state index in [9.17, 15) is 23.2 Å². The van der Waals surface area contributed by atoms with Crippen LogP contribution in [0.25, 0.3) is 0 Å². The number of carbonyl (C=O) groups excluding carboxylic acids is 3. The predicted molar refractivity (Wildman–Crippen MR) is 94.1 cm³/mol. The summed E-state index contributed by atoms with van der Waals surface area (Å²) in [5.41, 5.74) is 5.68. The standard InChI is InChI=1S/C19H26F2N2O3/c1-11(2)5-6-17(24)13(4)23(19(26)12(3)22)18(25)9-14-7-15(20)10-16(21)8-14/h7-8,10-13H,5-6,9,22H2,1-4H3/t12-,13-/m0/s1. The van der Waals surface area contributed by atoms with E-state index in [0.717, 1.165) is 17.0 Å². The van der Waals surface area contributed by atoms with Crippen LogP contribution in [0.3, 0.4) is 0 Å². The summed E-state index contributed by atoms with van der Waals surface area (Å²) >= 11 is 0. The fourth-order valence-corrected chi connectivity index (χ4v) is 2.51. The molecule has 0 aliphatic heterocycles. The smallest absolute Gasteiger partial charge is 0.246 e. The molecule has 2 amide bonds. The van der Waals surface area contributed by atoms with Crippen molar-refractivity contribution in [1.29, 1.82) is 0 Å². The Bertz CT molecular complexity index is 654. The second-order valence-corrected chi connectivity index (χ2v) is 6.92. The number of benzene rings is 1. The Morgan fingerprint density at radius 3 is 2.04 bits per heavy atom. The van der Waals surface area contributed by atoms with Crippen LogP contribution < -0.4 is 5.73 Å². The van der Waals surface area contributed by atoms with Gasteiger partial charge in [-0.2, -0.15) is 0 Å². The van der Waals surface area contributed by atoms with Crippen molar-refractivity contribution in [2.45, 2.75) is 59.0 Å². The molecule has 7 heteroatoms. The molecule has 0 aromatic heterocycles. The van der Waals surface area contributed by atoms with Gasteiger partial charge in [0.05, 0.1) is 18.5 Å². The third-order valence-electron chi connectivity index (χ3n) is 3.99. The maximum atomic E-state index is 13.3. The lowest BCUT2D eigenvalue weighted by atomic mass is 10.0. The third-order valence-corrected chi connectivity index (χ3v) is 3.99. The lowest BCUT2D eigenvalue weighted by molar-refractivity contribution is -0.151. The Labute approximate surface area is 152 Å². The van der Waals surface area contributed by atoms with Crippen molar-refractivity contribution in [1.82, 2.24) is 4.90 Å². The molecular weight excluding hydrogens is 342 g/mol. The summed E-state index contributed by atoms with van der Waals surface area (Å²) in [6.45, 7) is 6.81. The Balaban J connectivity index is 3.02. The van der Waals surface area contributed by atoms with Crippen molar-refractivity contribution in [2.24, 2.45) is 11.7 Å². The largest absolute Gasteiger partial charge is 0.320 e. The number of carbonyl (C=O) groups is 3. The van der Waals surface area contributed by atoms with E-state index in [2.05, 4.69) is 0 Å². The van der Waals surface area contributed by atoms with Gasteiger partial charge < -0.3 is 5.73 Å². The van der Waals surface area contributed by atoms with Gasteiger partial charge in [-0.25, -0.2) is 8.78 Å². The zero-order chi connectivity index (χ0) is 20.0. The van der Waals surface area contributed by atoms with Gasteiger partial charge in [-0.3, -0.25) is 19.3 Å². The van der Waals surface area contributed by atoms with Gasteiger partial charge >= 0.3 is 0 Å². The molecule has 2 atom stereocenters. The highest BCUT2D eigenvalue weighted by Gasteiger charge is 2.32. The monoisotopic (exact) mass is 368 g/mol. The summed E-state index contributed by atoms with van der Waals surface area (Å²) in [7, 11) is 0. The van der Waals surface area contributed by atoms with Crippen molar-refractivity contribution < 1.29 is 23.2 Å². The van der Waals surface area contributed by atoms with Crippen molar-refractivity contribution in [2.75, 3.05) is 0 Å². The number of halogens is 2. The zero-order valence-corrected chi connectivity index (χ0v) is 15.6. The highest BCUT2D eigenvalue weighted by atomic mass is 19.1. The van der Waals surface area contributed by atoms with Crippen molar-refractivity contribution >= 4 is 17.6 Å². The average Bonchev–Trinajstić information content (AvgIpc) is 2.51. The van der Waals surface area contributed by atoms with E-state index in [1.807, 2.05) is 13.8 Å². The molecule has 0 aliphatic carbocycles. The molecule has 1 aromatic rings. The van der Waals surface area contributed by atoms with Crippen LogP contribution in [0.5, 0.6) is 0 Å². The number of imide groups is 1. The normalized spacial score (nSPS) is 13.4. The minimum atomic E-state index is -0.988. The van der Waals surface area contributed by atoms with E-state index in [1.54, 1.807) is 0 Å². The van der Waals surface area contributed by atoms with Crippen LogP contribution >= 0.6 is 0 Å². The van der Waals surface area contributed by atoms with Crippen molar-refractivity contribution in [3.63, 3.8) is 0 Å². The molecule has 0 unspecified atom stereocenters. The number of rotatable bonds is 8. The second kappa shape index (κ2) is 9.52. The molecule has 0 radical (unpaired) electrons. The molecule has 0 spiro atoms. The average molecular weight is 368 g/mol. The first-order chi connectivity index (χ1) is 12.0. The highest BCUT2D eigenvalue weighted by molar-refractivity contribution is 6.03. The molecule has 0 fully saturated rings. The molecule has 0 heterocycles. The first kappa shape index (κ1) is 21.9. The molecule has 1 aromatic carbocycles. The lowest BCUT2D eigenvalue weighted by Crippen LogP contribution is -2.52. The van der Waals surface area contributed by atoms with Crippen molar-refractivity contribution in [3.8, 4) is 0 Å². The number of ketones is 1.